The zero-order valence-electron chi connectivity index (χ0n) is 16.8. The van der Waals surface area contributed by atoms with E-state index in [1.54, 1.807) is 4.90 Å². The van der Waals surface area contributed by atoms with Gasteiger partial charge in [-0.2, -0.15) is 0 Å². The topological polar surface area (TPSA) is 67.2 Å². The molecule has 2 heterocycles. The normalized spacial score (nSPS) is 13.9. The molecule has 1 N–H and O–H groups in total. The lowest BCUT2D eigenvalue weighted by Crippen LogP contribution is -2.29. The van der Waals surface area contributed by atoms with E-state index in [0.29, 0.717) is 23.9 Å². The zero-order valence-corrected chi connectivity index (χ0v) is 17.6. The van der Waals surface area contributed by atoms with Gasteiger partial charge in [0.1, 0.15) is 0 Å². The molecule has 0 radical (unpaired) electrons. The lowest BCUT2D eigenvalue weighted by atomic mass is 10.1. The first-order valence-corrected chi connectivity index (χ1v) is 10.8. The fourth-order valence-electron chi connectivity index (χ4n) is 3.87. The number of benzene rings is 2. The number of nitrogens with zero attached hydrogens (tertiary/aromatic N) is 3. The first-order chi connectivity index (χ1) is 14.6. The molecule has 0 unspecified atom stereocenters. The molecule has 4 rings (SSSR count). The van der Waals surface area contributed by atoms with Crippen molar-refractivity contribution in [2.24, 2.45) is 0 Å². The molecule has 156 valence electrons. The molecule has 0 spiro atoms. The number of fused-ring (bicyclic) bond motifs is 1. The van der Waals surface area contributed by atoms with Gasteiger partial charge in [-0.1, -0.05) is 41.9 Å². The summed E-state index contributed by atoms with van der Waals surface area (Å²) in [5.74, 6) is 0.518. The number of likely N-dealkylation sites (tertiary alicyclic amines) is 1. The molecule has 1 aliphatic rings. The molecule has 3 aromatic rings. The number of carbonyl (C=O) groups is 2. The number of amides is 2. The van der Waals surface area contributed by atoms with Gasteiger partial charge in [0, 0.05) is 37.5 Å². The average Bonchev–Trinajstić information content (AvgIpc) is 3.30. The third kappa shape index (κ3) is 4.82. The van der Waals surface area contributed by atoms with Crippen molar-refractivity contribution in [3.8, 4) is 0 Å². The van der Waals surface area contributed by atoms with E-state index in [9.17, 15) is 9.59 Å². The molecule has 0 atom stereocenters. The van der Waals surface area contributed by atoms with Crippen LogP contribution in [0.25, 0.3) is 11.0 Å². The average molecular weight is 425 g/mol. The molecule has 1 aliphatic heterocycles. The van der Waals surface area contributed by atoms with Crippen LogP contribution in [0.4, 0.5) is 5.95 Å². The van der Waals surface area contributed by atoms with Crippen molar-refractivity contribution >= 4 is 40.4 Å². The van der Waals surface area contributed by atoms with E-state index in [0.717, 1.165) is 43.4 Å². The third-order valence-corrected chi connectivity index (χ3v) is 5.67. The minimum Gasteiger partial charge on any atom is -0.342 e. The number of rotatable bonds is 8. The second kappa shape index (κ2) is 9.30. The number of aromatic nitrogens is 2. The van der Waals surface area contributed by atoms with Crippen molar-refractivity contribution in [3.63, 3.8) is 0 Å². The SMILES string of the molecule is O=C(CCN1CCCC1=O)Nc1nc2cc(Cl)ccc2n1CCCc1ccccc1. The predicted octanol–water partition coefficient (Wildman–Crippen LogP) is 4.27. The predicted molar refractivity (Wildman–Crippen MR) is 119 cm³/mol. The first kappa shape index (κ1) is 20.4. The van der Waals surface area contributed by atoms with Crippen molar-refractivity contribution in [1.29, 1.82) is 0 Å². The summed E-state index contributed by atoms with van der Waals surface area (Å²) >= 11 is 6.13. The fraction of sp³-hybridized carbons (Fsp3) is 0.348. The van der Waals surface area contributed by atoms with E-state index in [4.69, 9.17) is 11.6 Å². The smallest absolute Gasteiger partial charge is 0.228 e. The summed E-state index contributed by atoms with van der Waals surface area (Å²) in [5, 5.41) is 3.55. The lowest BCUT2D eigenvalue weighted by molar-refractivity contribution is -0.128. The minimum absolute atomic E-state index is 0.130. The molecule has 0 aliphatic carbocycles. The number of hydrogen-bond acceptors (Lipinski definition) is 3. The molecule has 2 aromatic carbocycles. The van der Waals surface area contributed by atoms with Gasteiger partial charge in [-0.05, 0) is 43.0 Å². The third-order valence-electron chi connectivity index (χ3n) is 5.43. The van der Waals surface area contributed by atoms with Crippen molar-refractivity contribution in [1.82, 2.24) is 14.5 Å². The summed E-state index contributed by atoms with van der Waals surface area (Å²) in [6.07, 6.45) is 3.58. The van der Waals surface area contributed by atoms with E-state index in [-0.39, 0.29) is 18.2 Å². The Hall–Kier alpha value is -2.86. The van der Waals surface area contributed by atoms with Crippen molar-refractivity contribution in [3.05, 3.63) is 59.1 Å². The molecule has 30 heavy (non-hydrogen) atoms. The van der Waals surface area contributed by atoms with Gasteiger partial charge in [0.05, 0.1) is 11.0 Å². The Morgan fingerprint density at radius 1 is 1.13 bits per heavy atom. The number of carbonyl (C=O) groups excluding carboxylic acids is 2. The van der Waals surface area contributed by atoms with Gasteiger partial charge in [-0.3, -0.25) is 14.9 Å². The van der Waals surface area contributed by atoms with Crippen LogP contribution in [-0.4, -0.2) is 39.4 Å². The van der Waals surface area contributed by atoms with Gasteiger partial charge in [0.2, 0.25) is 17.8 Å². The summed E-state index contributed by atoms with van der Waals surface area (Å²) in [5.41, 5.74) is 2.98. The monoisotopic (exact) mass is 424 g/mol. The molecular formula is C23H25ClN4O2. The van der Waals surface area contributed by atoms with Crippen LogP contribution in [-0.2, 0) is 22.6 Å². The fourth-order valence-corrected chi connectivity index (χ4v) is 4.04. The van der Waals surface area contributed by atoms with Crippen molar-refractivity contribution in [2.45, 2.75) is 38.6 Å². The highest BCUT2D eigenvalue weighted by Gasteiger charge is 2.21. The molecule has 1 fully saturated rings. The van der Waals surface area contributed by atoms with Crippen molar-refractivity contribution in [2.75, 3.05) is 18.4 Å². The van der Waals surface area contributed by atoms with E-state index < -0.39 is 0 Å². The van der Waals surface area contributed by atoms with Gasteiger partial charge in [0.25, 0.3) is 0 Å². The van der Waals surface area contributed by atoms with E-state index in [1.807, 2.05) is 41.0 Å². The number of nitrogens with one attached hydrogen (secondary N) is 1. The number of halogens is 1. The molecule has 7 heteroatoms. The molecule has 0 saturated carbocycles. The number of anilines is 1. The van der Waals surface area contributed by atoms with Crippen LogP contribution >= 0.6 is 11.6 Å². The van der Waals surface area contributed by atoms with Crippen LogP contribution in [0.1, 0.15) is 31.2 Å². The largest absolute Gasteiger partial charge is 0.342 e. The number of aryl methyl sites for hydroxylation is 2. The van der Waals surface area contributed by atoms with Crippen molar-refractivity contribution < 1.29 is 9.59 Å². The molecule has 1 saturated heterocycles. The lowest BCUT2D eigenvalue weighted by Gasteiger charge is -2.15. The number of hydrogen-bond donors (Lipinski definition) is 1. The minimum atomic E-state index is -0.139. The summed E-state index contributed by atoms with van der Waals surface area (Å²) in [6, 6.07) is 15.9. The van der Waals surface area contributed by atoms with Gasteiger partial charge < -0.3 is 9.47 Å². The van der Waals surface area contributed by atoms with Crippen LogP contribution in [0.15, 0.2) is 48.5 Å². The standard InChI is InChI=1S/C23H25ClN4O2/c24-18-10-11-20-19(16-18)25-23(26-21(29)12-15-27-13-5-9-22(27)30)28(20)14-4-8-17-6-2-1-3-7-17/h1-3,6-7,10-11,16H,4-5,8-9,12-15H2,(H,25,26,29). The highest BCUT2D eigenvalue weighted by Crippen LogP contribution is 2.24. The second-order valence-electron chi connectivity index (χ2n) is 7.59. The molecular weight excluding hydrogens is 400 g/mol. The molecule has 6 nitrogen and oxygen atoms in total. The van der Waals surface area contributed by atoms with E-state index in [2.05, 4.69) is 22.4 Å². The Balaban J connectivity index is 1.46. The summed E-state index contributed by atoms with van der Waals surface area (Å²) < 4.78 is 2.04. The Bertz CT molecular complexity index is 1050. The Morgan fingerprint density at radius 2 is 1.97 bits per heavy atom. The highest BCUT2D eigenvalue weighted by atomic mass is 35.5. The second-order valence-corrected chi connectivity index (χ2v) is 8.03. The molecule has 1 aromatic heterocycles. The van der Waals surface area contributed by atoms with E-state index >= 15 is 0 Å². The summed E-state index contributed by atoms with van der Waals surface area (Å²) in [7, 11) is 0. The molecule has 0 bridgehead atoms. The maximum Gasteiger partial charge on any atom is 0.228 e. The van der Waals surface area contributed by atoms with Crippen LogP contribution < -0.4 is 5.32 Å². The first-order valence-electron chi connectivity index (χ1n) is 10.4. The summed E-state index contributed by atoms with van der Waals surface area (Å²) in [6.45, 7) is 1.92. The van der Waals surface area contributed by atoms with Crippen LogP contribution in [0.3, 0.4) is 0 Å². The van der Waals surface area contributed by atoms with Crippen LogP contribution in [0.5, 0.6) is 0 Å². The molecule has 2 amide bonds. The number of imidazole rings is 1. The Labute approximate surface area is 180 Å². The summed E-state index contributed by atoms with van der Waals surface area (Å²) in [4.78, 5) is 30.6. The van der Waals surface area contributed by atoms with Gasteiger partial charge in [-0.15, -0.1) is 0 Å². The maximum absolute atomic E-state index is 12.5. The van der Waals surface area contributed by atoms with Gasteiger partial charge in [-0.25, -0.2) is 4.98 Å². The maximum atomic E-state index is 12.5. The van der Waals surface area contributed by atoms with Gasteiger partial charge in [0.15, 0.2) is 0 Å². The van der Waals surface area contributed by atoms with Crippen LogP contribution in [0.2, 0.25) is 5.02 Å². The van der Waals surface area contributed by atoms with Crippen LogP contribution in [0, 0.1) is 0 Å². The zero-order chi connectivity index (χ0) is 20.9. The van der Waals surface area contributed by atoms with Gasteiger partial charge >= 0.3 is 0 Å². The van der Waals surface area contributed by atoms with E-state index in [1.165, 1.54) is 5.56 Å². The quantitative estimate of drug-likeness (QED) is 0.587. The Morgan fingerprint density at radius 3 is 2.73 bits per heavy atom. The Kier molecular flexibility index (Phi) is 6.33. The highest BCUT2D eigenvalue weighted by molar-refractivity contribution is 6.31.